The van der Waals surface area contributed by atoms with E-state index in [-0.39, 0.29) is 5.54 Å². The molecule has 1 aliphatic rings. The van der Waals surface area contributed by atoms with Crippen molar-refractivity contribution in [3.63, 3.8) is 0 Å². The van der Waals surface area contributed by atoms with Gasteiger partial charge in [-0.3, -0.25) is 0 Å². The van der Waals surface area contributed by atoms with E-state index in [4.69, 9.17) is 5.73 Å². The summed E-state index contributed by atoms with van der Waals surface area (Å²) < 4.78 is 0. The third-order valence-electron chi connectivity index (χ3n) is 4.30. The molecule has 2 rings (SSSR count). The molecule has 2 N–H and O–H groups in total. The summed E-state index contributed by atoms with van der Waals surface area (Å²) in [7, 11) is 0. The van der Waals surface area contributed by atoms with Crippen molar-refractivity contribution < 1.29 is 0 Å². The highest BCUT2D eigenvalue weighted by molar-refractivity contribution is 5.26. The van der Waals surface area contributed by atoms with Gasteiger partial charge in [-0.15, -0.1) is 0 Å². The maximum absolute atomic E-state index is 6.59. The van der Waals surface area contributed by atoms with Crippen molar-refractivity contribution in [2.75, 3.05) is 0 Å². The summed E-state index contributed by atoms with van der Waals surface area (Å²) in [5.41, 5.74) is 9.47. The van der Waals surface area contributed by atoms with Crippen LogP contribution in [0.5, 0.6) is 0 Å². The first-order chi connectivity index (χ1) is 8.59. The van der Waals surface area contributed by atoms with E-state index >= 15 is 0 Å². The predicted octanol–water partition coefficient (Wildman–Crippen LogP) is 4.40. The van der Waals surface area contributed by atoms with Crippen LogP contribution in [-0.2, 0) is 6.42 Å². The van der Waals surface area contributed by atoms with E-state index in [1.54, 1.807) is 0 Å². The molecule has 0 unspecified atom stereocenters. The smallest absolute Gasteiger partial charge is 0.0195 e. The lowest BCUT2D eigenvalue weighted by molar-refractivity contribution is 0.369. The van der Waals surface area contributed by atoms with Gasteiger partial charge in [-0.25, -0.2) is 0 Å². The molecule has 100 valence electrons. The highest BCUT2D eigenvalue weighted by Gasteiger charge is 2.26. The monoisotopic (exact) mass is 245 g/mol. The molecule has 1 nitrogen and oxygen atoms in total. The largest absolute Gasteiger partial charge is 0.325 e. The Morgan fingerprint density at radius 1 is 1.00 bits per heavy atom. The van der Waals surface area contributed by atoms with Crippen LogP contribution in [-0.4, -0.2) is 5.54 Å². The highest BCUT2D eigenvalue weighted by Crippen LogP contribution is 2.28. The fourth-order valence-corrected chi connectivity index (χ4v) is 3.04. The minimum Gasteiger partial charge on any atom is -0.325 e. The molecule has 0 saturated heterocycles. The number of hydrogen-bond donors (Lipinski definition) is 1. The van der Waals surface area contributed by atoms with Crippen LogP contribution in [0.15, 0.2) is 24.3 Å². The summed E-state index contributed by atoms with van der Waals surface area (Å²) in [6.07, 6.45) is 8.78. The second-order valence-electron chi connectivity index (χ2n) is 6.35. The van der Waals surface area contributed by atoms with Crippen molar-refractivity contribution in [3.05, 3.63) is 35.4 Å². The molecule has 1 aliphatic carbocycles. The van der Waals surface area contributed by atoms with E-state index in [0.29, 0.717) is 5.92 Å². The zero-order valence-corrected chi connectivity index (χ0v) is 11.9. The summed E-state index contributed by atoms with van der Waals surface area (Å²) in [5.74, 6) is 0.615. The zero-order chi connectivity index (χ0) is 13.0. The molecule has 0 bridgehead atoms. The standard InChI is InChI=1S/C17H27N/c1-14(2)16-9-7-15(8-10-16)13-17(18)11-5-3-4-6-12-17/h7-10,14H,3-6,11-13,18H2,1-2H3. The summed E-state index contributed by atoms with van der Waals surface area (Å²) in [6.45, 7) is 4.48. The Morgan fingerprint density at radius 3 is 2.06 bits per heavy atom. The van der Waals surface area contributed by atoms with E-state index in [0.717, 1.165) is 6.42 Å². The van der Waals surface area contributed by atoms with E-state index in [9.17, 15) is 0 Å². The quantitative estimate of drug-likeness (QED) is 0.785. The van der Waals surface area contributed by atoms with Crippen molar-refractivity contribution in [1.29, 1.82) is 0 Å². The van der Waals surface area contributed by atoms with E-state index in [1.807, 2.05) is 0 Å². The van der Waals surface area contributed by atoms with Crippen LogP contribution < -0.4 is 5.73 Å². The number of rotatable bonds is 3. The van der Waals surface area contributed by atoms with Crippen LogP contribution in [0.4, 0.5) is 0 Å². The molecule has 1 aromatic rings. The third-order valence-corrected chi connectivity index (χ3v) is 4.30. The lowest BCUT2D eigenvalue weighted by Crippen LogP contribution is -2.41. The van der Waals surface area contributed by atoms with Gasteiger partial charge in [0.1, 0.15) is 0 Å². The molecule has 0 heterocycles. The zero-order valence-electron chi connectivity index (χ0n) is 11.9. The van der Waals surface area contributed by atoms with Crippen molar-refractivity contribution in [1.82, 2.24) is 0 Å². The normalized spacial score (nSPS) is 19.8. The van der Waals surface area contributed by atoms with Gasteiger partial charge in [0.15, 0.2) is 0 Å². The summed E-state index contributed by atoms with van der Waals surface area (Å²) >= 11 is 0. The number of benzene rings is 1. The van der Waals surface area contributed by atoms with Gasteiger partial charge in [0.2, 0.25) is 0 Å². The molecule has 0 aromatic heterocycles. The average Bonchev–Trinajstić information content (AvgIpc) is 2.55. The number of nitrogens with two attached hydrogens (primary N) is 1. The van der Waals surface area contributed by atoms with Crippen molar-refractivity contribution >= 4 is 0 Å². The Hall–Kier alpha value is -0.820. The highest BCUT2D eigenvalue weighted by atomic mass is 14.7. The van der Waals surface area contributed by atoms with E-state index in [1.165, 1.54) is 49.7 Å². The molecule has 1 heteroatoms. The molecule has 1 saturated carbocycles. The molecule has 1 fully saturated rings. The Kier molecular flexibility index (Phi) is 4.45. The lowest BCUT2D eigenvalue weighted by atomic mass is 9.84. The van der Waals surface area contributed by atoms with Crippen LogP contribution in [0.1, 0.15) is 69.4 Å². The first kappa shape index (κ1) is 13.6. The SMILES string of the molecule is CC(C)c1ccc(CC2(N)CCCCCC2)cc1. The average molecular weight is 245 g/mol. The predicted molar refractivity (Wildman–Crippen MR) is 78.9 cm³/mol. The second-order valence-corrected chi connectivity index (χ2v) is 6.35. The molecule has 0 spiro atoms. The van der Waals surface area contributed by atoms with Crippen LogP contribution in [0, 0.1) is 0 Å². The summed E-state index contributed by atoms with van der Waals surface area (Å²) in [4.78, 5) is 0. The molecule has 0 atom stereocenters. The fraction of sp³-hybridized carbons (Fsp3) is 0.647. The minimum absolute atomic E-state index is 0.0514. The molecule has 0 amide bonds. The fourth-order valence-electron chi connectivity index (χ4n) is 3.04. The Labute approximate surface area is 112 Å². The maximum Gasteiger partial charge on any atom is 0.0195 e. The topological polar surface area (TPSA) is 26.0 Å². The van der Waals surface area contributed by atoms with E-state index in [2.05, 4.69) is 38.1 Å². The Bertz CT molecular complexity index is 356. The summed E-state index contributed by atoms with van der Waals surface area (Å²) in [6, 6.07) is 9.07. The van der Waals surface area contributed by atoms with Gasteiger partial charge >= 0.3 is 0 Å². The molecule has 0 radical (unpaired) electrons. The van der Waals surface area contributed by atoms with Gasteiger partial charge in [0.25, 0.3) is 0 Å². The number of hydrogen-bond acceptors (Lipinski definition) is 1. The van der Waals surface area contributed by atoms with Crippen molar-refractivity contribution in [2.24, 2.45) is 5.73 Å². The third kappa shape index (κ3) is 3.58. The maximum atomic E-state index is 6.59. The van der Waals surface area contributed by atoms with Gasteiger partial charge in [0, 0.05) is 5.54 Å². The molecular formula is C17H27N. The van der Waals surface area contributed by atoms with E-state index < -0.39 is 0 Å². The minimum atomic E-state index is 0.0514. The second kappa shape index (κ2) is 5.88. The first-order valence-electron chi connectivity index (χ1n) is 7.47. The van der Waals surface area contributed by atoms with Crippen LogP contribution in [0.25, 0.3) is 0 Å². The van der Waals surface area contributed by atoms with Gasteiger partial charge in [-0.05, 0) is 36.3 Å². The Morgan fingerprint density at radius 2 is 1.56 bits per heavy atom. The Balaban J connectivity index is 2.03. The molecule has 18 heavy (non-hydrogen) atoms. The molecule has 1 aromatic carbocycles. The lowest BCUT2D eigenvalue weighted by Gasteiger charge is -2.28. The van der Waals surface area contributed by atoms with Crippen molar-refractivity contribution in [2.45, 2.75) is 70.3 Å². The van der Waals surface area contributed by atoms with Crippen molar-refractivity contribution in [3.8, 4) is 0 Å². The molecular weight excluding hydrogens is 218 g/mol. The van der Waals surface area contributed by atoms with Gasteiger partial charge in [-0.2, -0.15) is 0 Å². The molecule has 0 aliphatic heterocycles. The van der Waals surface area contributed by atoms with Crippen LogP contribution >= 0.6 is 0 Å². The van der Waals surface area contributed by atoms with Gasteiger partial charge in [-0.1, -0.05) is 63.8 Å². The first-order valence-corrected chi connectivity index (χ1v) is 7.47. The van der Waals surface area contributed by atoms with Crippen LogP contribution in [0.3, 0.4) is 0 Å². The summed E-state index contributed by atoms with van der Waals surface area (Å²) in [5, 5.41) is 0. The van der Waals surface area contributed by atoms with Crippen LogP contribution in [0.2, 0.25) is 0 Å². The van der Waals surface area contributed by atoms with Gasteiger partial charge in [0.05, 0.1) is 0 Å². The van der Waals surface area contributed by atoms with Gasteiger partial charge < -0.3 is 5.73 Å².